The summed E-state index contributed by atoms with van der Waals surface area (Å²) in [5.41, 5.74) is 4.41. The van der Waals surface area contributed by atoms with Crippen LogP contribution in [0.1, 0.15) is 44.1 Å². The second-order valence-corrected chi connectivity index (χ2v) is 6.27. The average Bonchev–Trinajstić information content (AvgIpc) is 2.65. The summed E-state index contributed by atoms with van der Waals surface area (Å²) < 4.78 is 1.15. The van der Waals surface area contributed by atoms with E-state index < -0.39 is 0 Å². The summed E-state index contributed by atoms with van der Waals surface area (Å²) in [5, 5.41) is 0. The van der Waals surface area contributed by atoms with Crippen LogP contribution in [-0.4, -0.2) is 6.04 Å². The van der Waals surface area contributed by atoms with Crippen molar-refractivity contribution >= 4 is 15.9 Å². The molecule has 3 N–H and O–H groups in total. The lowest BCUT2D eigenvalue weighted by Gasteiger charge is -2.25. The number of rotatable bonds is 4. The Balaban J connectivity index is 1.99. The summed E-state index contributed by atoms with van der Waals surface area (Å²) in [7, 11) is 0. The molecule has 1 aliphatic carbocycles. The first-order valence-electron chi connectivity index (χ1n) is 7.00. The van der Waals surface area contributed by atoms with E-state index in [0.717, 1.165) is 16.8 Å². The molecule has 1 aliphatic rings. The number of halogens is 1. The zero-order valence-electron chi connectivity index (χ0n) is 10.9. The average molecular weight is 311 g/mol. The fourth-order valence-electron chi connectivity index (χ4n) is 2.99. The van der Waals surface area contributed by atoms with Crippen LogP contribution in [0.4, 0.5) is 0 Å². The summed E-state index contributed by atoms with van der Waals surface area (Å²) in [4.78, 5) is 0. The molecule has 0 heterocycles. The van der Waals surface area contributed by atoms with Gasteiger partial charge in [0.2, 0.25) is 0 Å². The van der Waals surface area contributed by atoms with E-state index in [1.165, 1.54) is 44.1 Å². The van der Waals surface area contributed by atoms with Crippen LogP contribution in [0.15, 0.2) is 28.7 Å². The van der Waals surface area contributed by atoms with Crippen LogP contribution < -0.4 is 11.3 Å². The van der Waals surface area contributed by atoms with E-state index in [9.17, 15) is 0 Å². The van der Waals surface area contributed by atoms with Gasteiger partial charge in [0.15, 0.2) is 0 Å². The molecule has 2 nitrogen and oxygen atoms in total. The Morgan fingerprint density at radius 2 is 1.94 bits per heavy atom. The van der Waals surface area contributed by atoms with Crippen LogP contribution in [0.25, 0.3) is 0 Å². The number of hydrogen-bond donors (Lipinski definition) is 2. The van der Waals surface area contributed by atoms with Crippen LogP contribution in [0.3, 0.4) is 0 Å². The zero-order chi connectivity index (χ0) is 12.8. The summed E-state index contributed by atoms with van der Waals surface area (Å²) in [6.07, 6.45) is 9.18. The Labute approximate surface area is 118 Å². The van der Waals surface area contributed by atoms with E-state index >= 15 is 0 Å². The van der Waals surface area contributed by atoms with Crippen LogP contribution in [0.2, 0.25) is 0 Å². The fraction of sp³-hybridized carbons (Fsp3) is 0.600. The van der Waals surface area contributed by atoms with Crippen molar-refractivity contribution < 1.29 is 0 Å². The maximum Gasteiger partial charge on any atom is 0.0279 e. The van der Waals surface area contributed by atoms with Gasteiger partial charge in [-0.2, -0.15) is 0 Å². The van der Waals surface area contributed by atoms with Crippen molar-refractivity contribution in [1.82, 2.24) is 5.43 Å². The van der Waals surface area contributed by atoms with E-state index in [2.05, 4.69) is 45.6 Å². The van der Waals surface area contributed by atoms with E-state index in [-0.39, 0.29) is 0 Å². The van der Waals surface area contributed by atoms with Crippen LogP contribution in [0.5, 0.6) is 0 Å². The largest absolute Gasteiger partial charge is 0.271 e. The Hall–Kier alpha value is -0.380. The lowest BCUT2D eigenvalue weighted by molar-refractivity contribution is 0.320. The molecular weight excluding hydrogens is 288 g/mol. The Morgan fingerprint density at radius 3 is 2.56 bits per heavy atom. The van der Waals surface area contributed by atoms with Gasteiger partial charge < -0.3 is 0 Å². The highest BCUT2D eigenvalue weighted by Gasteiger charge is 2.21. The van der Waals surface area contributed by atoms with Gasteiger partial charge in [-0.15, -0.1) is 0 Å². The summed E-state index contributed by atoms with van der Waals surface area (Å²) in [6.45, 7) is 0. The van der Waals surface area contributed by atoms with Gasteiger partial charge in [-0.1, -0.05) is 53.7 Å². The second kappa shape index (κ2) is 7.27. The highest BCUT2D eigenvalue weighted by molar-refractivity contribution is 9.10. The first-order valence-corrected chi connectivity index (χ1v) is 7.79. The van der Waals surface area contributed by atoms with E-state index in [1.54, 1.807) is 0 Å². The fourth-order valence-corrected chi connectivity index (χ4v) is 3.44. The molecule has 0 bridgehead atoms. The second-order valence-electron chi connectivity index (χ2n) is 5.36. The highest BCUT2D eigenvalue weighted by atomic mass is 79.9. The topological polar surface area (TPSA) is 38.0 Å². The van der Waals surface area contributed by atoms with Crippen molar-refractivity contribution in [3.05, 3.63) is 34.3 Å². The predicted octanol–water partition coefficient (Wildman–Crippen LogP) is 3.79. The first kappa shape index (κ1) is 14.0. The normalized spacial score (nSPS) is 19.4. The van der Waals surface area contributed by atoms with Crippen molar-refractivity contribution in [3.63, 3.8) is 0 Å². The third-order valence-corrected chi connectivity index (χ3v) is 4.52. The van der Waals surface area contributed by atoms with Gasteiger partial charge in [0.1, 0.15) is 0 Å². The minimum absolute atomic E-state index is 0.414. The molecule has 0 aliphatic heterocycles. The summed E-state index contributed by atoms with van der Waals surface area (Å²) in [6, 6.07) is 8.96. The molecule has 2 rings (SSSR count). The van der Waals surface area contributed by atoms with Crippen LogP contribution in [0, 0.1) is 5.92 Å². The minimum atomic E-state index is 0.414. The van der Waals surface area contributed by atoms with Gasteiger partial charge in [-0.05, 0) is 42.9 Å². The van der Waals surface area contributed by atoms with Gasteiger partial charge in [-0.3, -0.25) is 11.3 Å². The third kappa shape index (κ3) is 4.08. The predicted molar refractivity (Wildman–Crippen MR) is 80.1 cm³/mol. The lowest BCUT2D eigenvalue weighted by atomic mass is 9.88. The molecule has 0 spiro atoms. The molecule has 1 saturated carbocycles. The minimum Gasteiger partial charge on any atom is -0.271 e. The quantitative estimate of drug-likeness (QED) is 0.504. The van der Waals surface area contributed by atoms with Gasteiger partial charge in [0, 0.05) is 10.5 Å². The van der Waals surface area contributed by atoms with Gasteiger partial charge in [0.05, 0.1) is 0 Å². The van der Waals surface area contributed by atoms with Crippen molar-refractivity contribution in [2.24, 2.45) is 11.8 Å². The van der Waals surface area contributed by atoms with E-state index in [1.807, 2.05) is 0 Å². The Kier molecular flexibility index (Phi) is 5.67. The van der Waals surface area contributed by atoms with Gasteiger partial charge in [0.25, 0.3) is 0 Å². The van der Waals surface area contributed by atoms with Gasteiger partial charge in [-0.25, -0.2) is 0 Å². The third-order valence-electron chi connectivity index (χ3n) is 4.03. The van der Waals surface area contributed by atoms with E-state index in [0.29, 0.717) is 6.04 Å². The van der Waals surface area contributed by atoms with Crippen molar-refractivity contribution in [3.8, 4) is 0 Å². The molecule has 1 atom stereocenters. The Morgan fingerprint density at radius 1 is 1.22 bits per heavy atom. The molecule has 1 aromatic rings. The SMILES string of the molecule is NNC(Cc1cccc(Br)c1)C1CCCCCC1. The molecule has 0 saturated heterocycles. The summed E-state index contributed by atoms with van der Waals surface area (Å²) >= 11 is 3.53. The number of hydrazine groups is 1. The Bertz CT molecular complexity index is 359. The van der Waals surface area contributed by atoms with Gasteiger partial charge >= 0.3 is 0 Å². The molecule has 0 radical (unpaired) electrons. The van der Waals surface area contributed by atoms with Crippen molar-refractivity contribution in [2.75, 3.05) is 0 Å². The molecule has 3 heteroatoms. The standard InChI is InChI=1S/C15H23BrN2/c16-14-9-5-6-12(10-14)11-15(18-17)13-7-3-1-2-4-8-13/h5-6,9-10,13,15,18H,1-4,7-8,11,17H2. The highest BCUT2D eigenvalue weighted by Crippen LogP contribution is 2.27. The lowest BCUT2D eigenvalue weighted by Crippen LogP contribution is -2.42. The molecule has 0 amide bonds. The molecule has 0 aromatic heterocycles. The summed E-state index contributed by atoms with van der Waals surface area (Å²) in [5.74, 6) is 6.51. The molecule has 1 fully saturated rings. The molecule has 100 valence electrons. The number of hydrogen-bond acceptors (Lipinski definition) is 2. The number of nitrogens with one attached hydrogen (secondary N) is 1. The van der Waals surface area contributed by atoms with Crippen LogP contribution >= 0.6 is 15.9 Å². The number of benzene rings is 1. The molecule has 1 unspecified atom stereocenters. The first-order chi connectivity index (χ1) is 8.79. The monoisotopic (exact) mass is 310 g/mol. The van der Waals surface area contributed by atoms with Crippen LogP contribution in [-0.2, 0) is 6.42 Å². The zero-order valence-corrected chi connectivity index (χ0v) is 12.5. The maximum absolute atomic E-state index is 5.78. The maximum atomic E-state index is 5.78. The molecule has 18 heavy (non-hydrogen) atoms. The number of nitrogens with two attached hydrogens (primary N) is 1. The molecular formula is C15H23BrN2. The molecule has 1 aromatic carbocycles. The van der Waals surface area contributed by atoms with Crippen molar-refractivity contribution in [1.29, 1.82) is 0 Å². The van der Waals surface area contributed by atoms with E-state index in [4.69, 9.17) is 5.84 Å². The smallest absolute Gasteiger partial charge is 0.0279 e. The van der Waals surface area contributed by atoms with Crippen molar-refractivity contribution in [2.45, 2.75) is 51.0 Å².